The maximum atomic E-state index is 12.8. The number of amides is 2. The SMILES string of the molecule is Cc1cc(NC(=O)CC(=O)Nc2ccc(Cl)c(C(F)(F)F)c2)ccc1Cl. The second-order valence-electron chi connectivity index (χ2n) is 5.43. The molecule has 0 unspecified atom stereocenters. The Hall–Kier alpha value is -2.25. The molecule has 2 amide bonds. The molecular formula is C17H13Cl2F3N2O2. The zero-order valence-corrected chi connectivity index (χ0v) is 14.9. The van der Waals surface area contributed by atoms with Crippen LogP contribution in [0.5, 0.6) is 0 Å². The molecule has 0 radical (unpaired) electrons. The largest absolute Gasteiger partial charge is 0.417 e. The van der Waals surface area contributed by atoms with Gasteiger partial charge in [-0.25, -0.2) is 0 Å². The van der Waals surface area contributed by atoms with E-state index in [0.717, 1.165) is 11.6 Å². The number of benzene rings is 2. The van der Waals surface area contributed by atoms with Gasteiger partial charge in [-0.05, 0) is 48.9 Å². The number of hydrogen-bond donors (Lipinski definition) is 2. The van der Waals surface area contributed by atoms with Gasteiger partial charge in [0.2, 0.25) is 11.8 Å². The molecule has 0 fully saturated rings. The third kappa shape index (κ3) is 5.37. The Morgan fingerprint density at radius 2 is 1.42 bits per heavy atom. The summed E-state index contributed by atoms with van der Waals surface area (Å²) in [5.41, 5.74) is 0.0187. The first-order valence-corrected chi connectivity index (χ1v) is 8.04. The van der Waals surface area contributed by atoms with Crippen molar-refractivity contribution in [1.82, 2.24) is 0 Å². The van der Waals surface area contributed by atoms with E-state index >= 15 is 0 Å². The summed E-state index contributed by atoms with van der Waals surface area (Å²) in [6, 6.07) is 7.75. The average molecular weight is 405 g/mol. The van der Waals surface area contributed by atoms with Crippen LogP contribution in [0.15, 0.2) is 36.4 Å². The van der Waals surface area contributed by atoms with Gasteiger partial charge in [0.05, 0.1) is 10.6 Å². The van der Waals surface area contributed by atoms with Gasteiger partial charge < -0.3 is 10.6 Å². The zero-order chi connectivity index (χ0) is 19.5. The zero-order valence-electron chi connectivity index (χ0n) is 13.4. The predicted molar refractivity (Wildman–Crippen MR) is 94.5 cm³/mol. The van der Waals surface area contributed by atoms with Crippen LogP contribution in [-0.2, 0) is 15.8 Å². The summed E-state index contributed by atoms with van der Waals surface area (Å²) in [6.45, 7) is 1.75. The van der Waals surface area contributed by atoms with Gasteiger partial charge in [0.1, 0.15) is 6.42 Å². The highest BCUT2D eigenvalue weighted by molar-refractivity contribution is 6.31. The van der Waals surface area contributed by atoms with Crippen molar-refractivity contribution in [1.29, 1.82) is 0 Å². The van der Waals surface area contributed by atoms with E-state index in [-0.39, 0.29) is 5.69 Å². The Morgan fingerprint density at radius 3 is 1.92 bits per heavy atom. The molecule has 0 bridgehead atoms. The summed E-state index contributed by atoms with van der Waals surface area (Å²) in [6.07, 6.45) is -5.21. The van der Waals surface area contributed by atoms with Gasteiger partial charge in [-0.2, -0.15) is 13.2 Å². The third-order valence-corrected chi connectivity index (χ3v) is 4.07. The summed E-state index contributed by atoms with van der Waals surface area (Å²) < 4.78 is 38.4. The van der Waals surface area contributed by atoms with Crippen LogP contribution in [0.4, 0.5) is 24.5 Å². The molecule has 0 heterocycles. The van der Waals surface area contributed by atoms with E-state index in [4.69, 9.17) is 23.2 Å². The molecule has 0 saturated heterocycles. The van der Waals surface area contributed by atoms with Crippen molar-refractivity contribution < 1.29 is 22.8 Å². The van der Waals surface area contributed by atoms with Gasteiger partial charge >= 0.3 is 6.18 Å². The lowest BCUT2D eigenvalue weighted by molar-refractivity contribution is -0.137. The van der Waals surface area contributed by atoms with Crippen LogP contribution < -0.4 is 10.6 Å². The van der Waals surface area contributed by atoms with Crippen molar-refractivity contribution in [2.24, 2.45) is 0 Å². The quantitative estimate of drug-likeness (QED) is 0.680. The molecule has 26 heavy (non-hydrogen) atoms. The molecule has 0 aliphatic heterocycles. The van der Waals surface area contributed by atoms with Crippen LogP contribution in [0, 0.1) is 6.92 Å². The average Bonchev–Trinajstić information content (AvgIpc) is 2.51. The highest BCUT2D eigenvalue weighted by Crippen LogP contribution is 2.36. The van der Waals surface area contributed by atoms with Crippen LogP contribution >= 0.6 is 23.2 Å². The lowest BCUT2D eigenvalue weighted by Gasteiger charge is -2.12. The summed E-state index contributed by atoms with van der Waals surface area (Å²) in [5, 5.41) is 4.80. The van der Waals surface area contributed by atoms with Gasteiger partial charge in [-0.3, -0.25) is 9.59 Å². The molecule has 0 aromatic heterocycles. The Kier molecular flexibility index (Phi) is 6.15. The summed E-state index contributed by atoms with van der Waals surface area (Å²) >= 11 is 11.4. The standard InChI is InChI=1S/C17H13Cl2F3N2O2/c1-9-6-10(2-4-13(9)18)23-15(25)8-16(26)24-11-3-5-14(19)12(7-11)17(20,21)22/h2-7H,8H2,1H3,(H,23,25)(H,24,26). The molecule has 0 spiro atoms. The topological polar surface area (TPSA) is 58.2 Å². The van der Waals surface area contributed by atoms with Crippen molar-refractivity contribution in [3.63, 3.8) is 0 Å². The number of hydrogen-bond acceptors (Lipinski definition) is 2. The molecule has 0 atom stereocenters. The van der Waals surface area contributed by atoms with E-state index < -0.39 is 35.0 Å². The smallest absolute Gasteiger partial charge is 0.326 e. The van der Waals surface area contributed by atoms with Crippen LogP contribution in [0.3, 0.4) is 0 Å². The monoisotopic (exact) mass is 404 g/mol. The fourth-order valence-electron chi connectivity index (χ4n) is 2.10. The van der Waals surface area contributed by atoms with Crippen LogP contribution in [0.25, 0.3) is 0 Å². The lowest BCUT2D eigenvalue weighted by atomic mass is 10.2. The normalized spacial score (nSPS) is 11.2. The minimum atomic E-state index is -4.65. The van der Waals surface area contributed by atoms with Crippen molar-refractivity contribution in [2.45, 2.75) is 19.5 Å². The van der Waals surface area contributed by atoms with E-state index in [0.29, 0.717) is 16.8 Å². The number of rotatable bonds is 4. The number of halogens is 5. The molecule has 0 saturated carbocycles. The third-order valence-electron chi connectivity index (χ3n) is 3.32. The fourth-order valence-corrected chi connectivity index (χ4v) is 2.44. The van der Waals surface area contributed by atoms with Gasteiger partial charge in [0, 0.05) is 16.4 Å². The van der Waals surface area contributed by atoms with Crippen molar-refractivity contribution in [2.75, 3.05) is 10.6 Å². The lowest BCUT2D eigenvalue weighted by Crippen LogP contribution is -2.21. The van der Waals surface area contributed by atoms with Gasteiger partial charge in [0.15, 0.2) is 0 Å². The number of nitrogens with one attached hydrogen (secondary N) is 2. The maximum Gasteiger partial charge on any atom is 0.417 e. The molecule has 2 rings (SSSR count). The number of carbonyl (C=O) groups excluding carboxylic acids is 2. The fraction of sp³-hybridized carbons (Fsp3) is 0.176. The van der Waals surface area contributed by atoms with Crippen LogP contribution in [0.1, 0.15) is 17.5 Å². The first-order chi connectivity index (χ1) is 12.1. The first kappa shape index (κ1) is 20.1. The highest BCUT2D eigenvalue weighted by Gasteiger charge is 2.33. The predicted octanol–water partition coefficient (Wildman–Crippen LogP) is 5.29. The first-order valence-electron chi connectivity index (χ1n) is 7.29. The summed E-state index contributed by atoms with van der Waals surface area (Å²) in [7, 11) is 0. The second-order valence-corrected chi connectivity index (χ2v) is 6.24. The maximum absolute atomic E-state index is 12.8. The van der Waals surface area contributed by atoms with Crippen molar-refractivity contribution in [3.05, 3.63) is 57.6 Å². The molecule has 9 heteroatoms. The van der Waals surface area contributed by atoms with E-state index in [2.05, 4.69) is 10.6 Å². The molecule has 2 aromatic carbocycles. The number of carbonyl (C=O) groups is 2. The molecule has 4 nitrogen and oxygen atoms in total. The minimum absolute atomic E-state index is 0.109. The van der Waals surface area contributed by atoms with E-state index in [1.54, 1.807) is 25.1 Å². The number of alkyl halides is 3. The molecular weight excluding hydrogens is 392 g/mol. The highest BCUT2D eigenvalue weighted by atomic mass is 35.5. The Morgan fingerprint density at radius 1 is 0.923 bits per heavy atom. The van der Waals surface area contributed by atoms with Gasteiger partial charge in [-0.1, -0.05) is 23.2 Å². The van der Waals surface area contributed by atoms with Gasteiger partial charge in [-0.15, -0.1) is 0 Å². The van der Waals surface area contributed by atoms with E-state index in [9.17, 15) is 22.8 Å². The molecule has 2 aromatic rings. The van der Waals surface area contributed by atoms with Crippen LogP contribution in [0.2, 0.25) is 10.0 Å². The van der Waals surface area contributed by atoms with Gasteiger partial charge in [0.25, 0.3) is 0 Å². The Balaban J connectivity index is 2.00. The Labute approximate surface area is 157 Å². The molecule has 0 aliphatic carbocycles. The molecule has 138 valence electrons. The summed E-state index contributed by atoms with van der Waals surface area (Å²) in [5.74, 6) is -1.38. The number of anilines is 2. The van der Waals surface area contributed by atoms with E-state index in [1.165, 1.54) is 6.07 Å². The summed E-state index contributed by atoms with van der Waals surface area (Å²) in [4.78, 5) is 23.8. The van der Waals surface area contributed by atoms with Crippen LogP contribution in [-0.4, -0.2) is 11.8 Å². The minimum Gasteiger partial charge on any atom is -0.326 e. The van der Waals surface area contributed by atoms with Crippen molar-refractivity contribution in [3.8, 4) is 0 Å². The van der Waals surface area contributed by atoms with E-state index in [1.807, 2.05) is 0 Å². The number of aryl methyl sites for hydroxylation is 1. The van der Waals surface area contributed by atoms with Crippen molar-refractivity contribution >= 4 is 46.4 Å². The second kappa shape index (κ2) is 7.97. The molecule has 0 aliphatic rings. The Bertz CT molecular complexity index is 854. The molecule has 2 N–H and O–H groups in total.